The van der Waals surface area contributed by atoms with Crippen molar-refractivity contribution in [2.75, 3.05) is 13.2 Å². The van der Waals surface area contributed by atoms with Gasteiger partial charge >= 0.3 is 5.97 Å². The molecular formula is C57H111NO5. The minimum atomic E-state index is -0.671. The zero-order chi connectivity index (χ0) is 45.8. The van der Waals surface area contributed by atoms with E-state index in [2.05, 4.69) is 31.3 Å². The number of hydrogen-bond acceptors (Lipinski definition) is 5. The van der Waals surface area contributed by atoms with Gasteiger partial charge in [-0.1, -0.05) is 264 Å². The molecule has 1 amide bonds. The van der Waals surface area contributed by atoms with Crippen LogP contribution in [0.1, 0.15) is 316 Å². The van der Waals surface area contributed by atoms with Gasteiger partial charge < -0.3 is 20.3 Å². The molecule has 0 saturated carbocycles. The number of ether oxygens (including phenoxy) is 1. The van der Waals surface area contributed by atoms with E-state index in [1.54, 1.807) is 0 Å². The number of unbranched alkanes of at least 4 members (excludes halogenated alkanes) is 40. The molecule has 63 heavy (non-hydrogen) atoms. The summed E-state index contributed by atoms with van der Waals surface area (Å²) >= 11 is 0. The normalized spacial score (nSPS) is 12.6. The second-order valence-corrected chi connectivity index (χ2v) is 19.6. The predicted octanol–water partition coefficient (Wildman–Crippen LogP) is 17.3. The number of aliphatic hydroxyl groups is 2. The predicted molar refractivity (Wildman–Crippen MR) is 273 cm³/mol. The second-order valence-electron chi connectivity index (χ2n) is 19.6. The summed E-state index contributed by atoms with van der Waals surface area (Å²) in [7, 11) is 0. The zero-order valence-electron chi connectivity index (χ0n) is 42.6. The van der Waals surface area contributed by atoms with Crippen molar-refractivity contribution in [1.82, 2.24) is 5.32 Å². The lowest BCUT2D eigenvalue weighted by atomic mass is 10.0. The van der Waals surface area contributed by atoms with E-state index in [0.717, 1.165) is 51.4 Å². The van der Waals surface area contributed by atoms with Crippen LogP contribution >= 0.6 is 0 Å². The fraction of sp³-hybridized carbons (Fsp3) is 0.930. The molecule has 0 fully saturated rings. The van der Waals surface area contributed by atoms with Crippen LogP contribution in [0.2, 0.25) is 0 Å². The largest absolute Gasteiger partial charge is 0.466 e. The lowest BCUT2D eigenvalue weighted by molar-refractivity contribution is -0.143. The van der Waals surface area contributed by atoms with Crippen molar-refractivity contribution in [3.05, 3.63) is 12.2 Å². The third kappa shape index (κ3) is 49.9. The molecule has 3 N–H and O–H groups in total. The van der Waals surface area contributed by atoms with Gasteiger partial charge in [-0.3, -0.25) is 9.59 Å². The van der Waals surface area contributed by atoms with Gasteiger partial charge in [0.2, 0.25) is 5.91 Å². The summed E-state index contributed by atoms with van der Waals surface area (Å²) in [4.78, 5) is 24.5. The highest BCUT2D eigenvalue weighted by Crippen LogP contribution is 2.17. The van der Waals surface area contributed by atoms with E-state index < -0.39 is 12.1 Å². The maximum absolute atomic E-state index is 12.5. The van der Waals surface area contributed by atoms with Gasteiger partial charge in [0.1, 0.15) is 0 Å². The van der Waals surface area contributed by atoms with Crippen molar-refractivity contribution < 1.29 is 24.5 Å². The SMILES string of the molecule is CCCCCCCCCCCCCCCCCCCCC(O)C(CO)NC(=O)CCCCCCCCC/C=C\CCCCCCCCOC(=O)CCCCCCCCCCCCC. The highest BCUT2D eigenvalue weighted by atomic mass is 16.5. The summed E-state index contributed by atoms with van der Waals surface area (Å²) in [6.45, 7) is 4.95. The molecule has 0 aliphatic rings. The molecular weight excluding hydrogens is 779 g/mol. The first kappa shape index (κ1) is 61.6. The van der Waals surface area contributed by atoms with Crippen molar-refractivity contribution in [3.63, 3.8) is 0 Å². The third-order valence-corrected chi connectivity index (χ3v) is 13.3. The maximum atomic E-state index is 12.5. The molecule has 6 heteroatoms. The van der Waals surface area contributed by atoms with Crippen molar-refractivity contribution in [1.29, 1.82) is 0 Å². The van der Waals surface area contributed by atoms with Gasteiger partial charge in [-0.05, 0) is 51.4 Å². The number of hydrogen-bond donors (Lipinski definition) is 3. The van der Waals surface area contributed by atoms with Crippen LogP contribution in [0, 0.1) is 0 Å². The molecule has 0 radical (unpaired) electrons. The van der Waals surface area contributed by atoms with E-state index in [9.17, 15) is 19.8 Å². The van der Waals surface area contributed by atoms with Crippen molar-refractivity contribution in [3.8, 4) is 0 Å². The fourth-order valence-electron chi connectivity index (χ4n) is 8.93. The summed E-state index contributed by atoms with van der Waals surface area (Å²) in [5.41, 5.74) is 0. The van der Waals surface area contributed by atoms with E-state index in [-0.39, 0.29) is 18.5 Å². The van der Waals surface area contributed by atoms with E-state index >= 15 is 0 Å². The Morgan fingerprint density at radius 1 is 0.429 bits per heavy atom. The first-order valence-corrected chi connectivity index (χ1v) is 28.4. The third-order valence-electron chi connectivity index (χ3n) is 13.3. The Morgan fingerprint density at radius 2 is 0.746 bits per heavy atom. The lowest BCUT2D eigenvalue weighted by Gasteiger charge is -2.22. The summed E-state index contributed by atoms with van der Waals surface area (Å²) < 4.78 is 5.45. The number of carbonyl (C=O) groups is 2. The van der Waals surface area contributed by atoms with Crippen LogP contribution in [-0.4, -0.2) is 47.4 Å². The first-order valence-electron chi connectivity index (χ1n) is 28.4. The summed E-state index contributed by atoms with van der Waals surface area (Å²) in [6, 6.07) is -0.550. The molecule has 0 rings (SSSR count). The van der Waals surface area contributed by atoms with Crippen LogP contribution in [0.15, 0.2) is 12.2 Å². The van der Waals surface area contributed by atoms with Gasteiger partial charge in [0.25, 0.3) is 0 Å². The van der Waals surface area contributed by atoms with Gasteiger partial charge in [0, 0.05) is 12.8 Å². The van der Waals surface area contributed by atoms with E-state index in [0.29, 0.717) is 25.9 Å². The van der Waals surface area contributed by atoms with Gasteiger partial charge in [0.05, 0.1) is 25.4 Å². The van der Waals surface area contributed by atoms with E-state index in [1.165, 1.54) is 231 Å². The number of esters is 1. The van der Waals surface area contributed by atoms with Crippen LogP contribution < -0.4 is 5.32 Å². The average Bonchev–Trinajstić information content (AvgIpc) is 3.28. The van der Waals surface area contributed by atoms with E-state index in [1.807, 2.05) is 0 Å². The molecule has 0 bridgehead atoms. The molecule has 0 heterocycles. The fourth-order valence-corrected chi connectivity index (χ4v) is 8.93. The number of carbonyl (C=O) groups excluding carboxylic acids is 2. The molecule has 374 valence electrons. The van der Waals surface area contributed by atoms with Gasteiger partial charge in [-0.25, -0.2) is 0 Å². The molecule has 2 atom stereocenters. The lowest BCUT2D eigenvalue weighted by Crippen LogP contribution is -2.45. The first-order chi connectivity index (χ1) is 31.0. The maximum Gasteiger partial charge on any atom is 0.305 e. The standard InChI is InChI=1S/C57H111NO5/c1-3-5-7-9-11-13-15-16-17-18-20-23-26-30-33-37-41-45-49-55(60)54(53-59)58-56(61)50-46-42-38-34-31-27-24-21-19-22-25-28-32-36-40-44-48-52-63-57(62)51-47-43-39-35-29-14-12-10-8-6-4-2/h19,22,54-55,59-60H,3-18,20-21,23-53H2,1-2H3,(H,58,61)/b22-19-. The van der Waals surface area contributed by atoms with Crippen LogP contribution in [0.3, 0.4) is 0 Å². The molecule has 0 aliphatic carbocycles. The second kappa shape index (κ2) is 53.2. The number of aliphatic hydroxyl groups excluding tert-OH is 2. The molecule has 0 aromatic rings. The number of allylic oxidation sites excluding steroid dienone is 2. The van der Waals surface area contributed by atoms with Crippen LogP contribution in [0.25, 0.3) is 0 Å². The summed E-state index contributed by atoms with van der Waals surface area (Å²) in [5, 5.41) is 23.3. The van der Waals surface area contributed by atoms with Crippen LogP contribution in [0.5, 0.6) is 0 Å². The van der Waals surface area contributed by atoms with Crippen LogP contribution in [-0.2, 0) is 14.3 Å². The summed E-state index contributed by atoms with van der Waals surface area (Å²) in [6.07, 6.45) is 61.9. The molecule has 0 saturated heterocycles. The number of rotatable bonds is 53. The van der Waals surface area contributed by atoms with Gasteiger partial charge in [0.15, 0.2) is 0 Å². The molecule has 0 aromatic carbocycles. The topological polar surface area (TPSA) is 95.9 Å². The Labute approximate surface area is 393 Å². The number of nitrogens with one attached hydrogen (secondary N) is 1. The minimum Gasteiger partial charge on any atom is -0.466 e. The number of amides is 1. The Kier molecular flexibility index (Phi) is 52.0. The molecule has 0 aromatic heterocycles. The van der Waals surface area contributed by atoms with Crippen molar-refractivity contribution in [2.45, 2.75) is 328 Å². The highest BCUT2D eigenvalue weighted by Gasteiger charge is 2.20. The quantitative estimate of drug-likeness (QED) is 0.0321. The Bertz CT molecular complexity index is 939. The van der Waals surface area contributed by atoms with Crippen molar-refractivity contribution in [2.24, 2.45) is 0 Å². The van der Waals surface area contributed by atoms with Crippen LogP contribution in [0.4, 0.5) is 0 Å². The highest BCUT2D eigenvalue weighted by molar-refractivity contribution is 5.76. The smallest absolute Gasteiger partial charge is 0.305 e. The monoisotopic (exact) mass is 890 g/mol. The van der Waals surface area contributed by atoms with Crippen molar-refractivity contribution >= 4 is 11.9 Å². The van der Waals surface area contributed by atoms with Gasteiger partial charge in [-0.2, -0.15) is 0 Å². The molecule has 0 spiro atoms. The zero-order valence-corrected chi connectivity index (χ0v) is 42.6. The Morgan fingerprint density at radius 3 is 1.13 bits per heavy atom. The Balaban J connectivity index is 3.46. The molecule has 2 unspecified atom stereocenters. The molecule has 0 aliphatic heterocycles. The average molecular weight is 891 g/mol. The summed E-state index contributed by atoms with van der Waals surface area (Å²) in [5.74, 6) is -0.0459. The minimum absolute atomic E-state index is 0.00156. The van der Waals surface area contributed by atoms with Gasteiger partial charge in [-0.15, -0.1) is 0 Å². The molecule has 6 nitrogen and oxygen atoms in total. The Hall–Kier alpha value is -1.40. The van der Waals surface area contributed by atoms with E-state index in [4.69, 9.17) is 4.74 Å².